The van der Waals surface area contributed by atoms with Crippen molar-refractivity contribution in [2.75, 3.05) is 0 Å². The molecule has 0 spiro atoms. The molecule has 0 nitrogen and oxygen atoms in total. The van der Waals surface area contributed by atoms with Gasteiger partial charge in [0.25, 0.3) is 0 Å². The van der Waals surface area contributed by atoms with Crippen molar-refractivity contribution in [2.45, 2.75) is 5.41 Å². The summed E-state index contributed by atoms with van der Waals surface area (Å²) in [7, 11) is 0. The molecule has 15 aromatic rings. The summed E-state index contributed by atoms with van der Waals surface area (Å²) in [4.78, 5) is 0. The molecule has 0 saturated heterocycles. The highest BCUT2D eigenvalue weighted by molar-refractivity contribution is 6.24. The Labute approximate surface area is 459 Å². The fraction of sp³-hybridized carbons (Fsp3) is 0.0127. The molecule has 0 unspecified atom stereocenters. The zero-order valence-electron chi connectivity index (χ0n) is 43.4. The molecule has 0 atom stereocenters. The monoisotopic (exact) mass is 998 g/mol. The summed E-state index contributed by atoms with van der Waals surface area (Å²) in [6, 6.07) is 114. The number of hydrogen-bond acceptors (Lipinski definition) is 0. The Balaban J connectivity index is 0.950. The Morgan fingerprint density at radius 3 is 0.975 bits per heavy atom. The maximum Gasteiger partial charge on any atom is 0.0713 e. The molecular formula is C79H50. The van der Waals surface area contributed by atoms with Crippen molar-refractivity contribution in [1.82, 2.24) is 0 Å². The van der Waals surface area contributed by atoms with E-state index in [2.05, 4.69) is 303 Å². The van der Waals surface area contributed by atoms with E-state index in [1.807, 2.05) is 0 Å². The molecule has 0 N–H and O–H groups in total. The second-order valence-electron chi connectivity index (χ2n) is 21.4. The largest absolute Gasteiger partial charge is 0.0713 e. The van der Waals surface area contributed by atoms with Crippen LogP contribution in [0.5, 0.6) is 0 Å². The first-order valence-corrected chi connectivity index (χ1v) is 27.6. The molecule has 0 radical (unpaired) electrons. The Morgan fingerprint density at radius 1 is 0.177 bits per heavy atom. The summed E-state index contributed by atoms with van der Waals surface area (Å²) in [6.07, 6.45) is 0. The number of hydrogen-bond donors (Lipinski definition) is 0. The average Bonchev–Trinajstić information content (AvgIpc) is 4.08. The first-order valence-electron chi connectivity index (χ1n) is 27.6. The second kappa shape index (κ2) is 18.0. The molecule has 0 fully saturated rings. The third kappa shape index (κ3) is 6.95. The minimum Gasteiger partial charge on any atom is -0.0622 e. The molecule has 0 amide bonds. The lowest BCUT2D eigenvalue weighted by molar-refractivity contribution is 0.769. The molecule has 0 heteroatoms. The van der Waals surface area contributed by atoms with Crippen molar-refractivity contribution >= 4 is 64.6 Å². The van der Waals surface area contributed by atoms with Gasteiger partial charge in [0.05, 0.1) is 5.41 Å². The van der Waals surface area contributed by atoms with E-state index in [1.54, 1.807) is 0 Å². The van der Waals surface area contributed by atoms with E-state index in [4.69, 9.17) is 0 Å². The topological polar surface area (TPSA) is 0 Å². The zero-order chi connectivity index (χ0) is 52.0. The van der Waals surface area contributed by atoms with Gasteiger partial charge in [-0.05, 0) is 184 Å². The number of benzene rings is 15. The van der Waals surface area contributed by atoms with Crippen molar-refractivity contribution in [1.29, 1.82) is 0 Å². The van der Waals surface area contributed by atoms with E-state index >= 15 is 0 Å². The van der Waals surface area contributed by atoms with Crippen LogP contribution in [0.15, 0.2) is 303 Å². The number of rotatable bonds is 7. The van der Waals surface area contributed by atoms with E-state index < -0.39 is 5.41 Å². The van der Waals surface area contributed by atoms with Crippen LogP contribution < -0.4 is 0 Å². The molecule has 1 aliphatic carbocycles. The van der Waals surface area contributed by atoms with Crippen molar-refractivity contribution in [3.63, 3.8) is 0 Å². The van der Waals surface area contributed by atoms with Gasteiger partial charge in [-0.1, -0.05) is 273 Å². The molecule has 1 aliphatic rings. The van der Waals surface area contributed by atoms with Crippen molar-refractivity contribution < 1.29 is 0 Å². The van der Waals surface area contributed by atoms with E-state index in [0.29, 0.717) is 0 Å². The van der Waals surface area contributed by atoms with Gasteiger partial charge in [-0.2, -0.15) is 0 Å². The first-order chi connectivity index (χ1) is 39.2. The fourth-order valence-corrected chi connectivity index (χ4v) is 13.8. The Hall–Kier alpha value is -10.1. The Bertz CT molecular complexity index is 4840. The van der Waals surface area contributed by atoms with Crippen molar-refractivity contribution in [3.05, 3.63) is 326 Å². The van der Waals surface area contributed by atoms with Crippen LogP contribution in [-0.2, 0) is 5.41 Å². The Kier molecular flexibility index (Phi) is 10.3. The quantitative estimate of drug-likeness (QED) is 0.140. The third-order valence-electron chi connectivity index (χ3n) is 17.3. The smallest absolute Gasteiger partial charge is 0.0622 e. The molecule has 0 aromatic heterocycles. The summed E-state index contributed by atoms with van der Waals surface area (Å²) in [5.74, 6) is 0. The lowest BCUT2D eigenvalue weighted by atomic mass is 9.67. The normalized spacial score (nSPS) is 12.7. The van der Waals surface area contributed by atoms with Gasteiger partial charge < -0.3 is 0 Å². The summed E-state index contributed by atoms with van der Waals surface area (Å²) in [6.45, 7) is 0. The zero-order valence-corrected chi connectivity index (χ0v) is 43.4. The standard InChI is InChI=1S/C79H50/c1-4-22-53(23-5-1)75-65-30-14-16-32-67(65)77(68-33-17-15-31-66(68)75)60-42-44-64-63-43-40-57(49-73(63)79(74(64)50-60,61-26-6-2-7-27-61)62-28-8-3-9-29-62)56-41-45-71-72(48-56)78(59-39-37-52-21-11-13-25-55(52)47-59)70-35-19-18-34-69(70)76(71)58-38-36-51-20-10-12-24-54(51)46-58/h1-50H. The van der Waals surface area contributed by atoms with Crippen molar-refractivity contribution in [3.8, 4) is 66.8 Å². The van der Waals surface area contributed by atoms with Gasteiger partial charge in [0.2, 0.25) is 0 Å². The SMILES string of the molecule is c1ccc(-c2c3ccccc3c(-c3ccc4c(c3)C(c3ccccc3)(c3ccccc3)c3cc(-c5ccc6c(-c7ccc8ccccc8c7)c7ccccc7c(-c7ccc8ccccc8c7)c6c5)ccc3-4)c3ccccc23)cc1. The minimum absolute atomic E-state index is 0.638. The fourth-order valence-electron chi connectivity index (χ4n) is 13.8. The van der Waals surface area contributed by atoms with Crippen LogP contribution in [0.2, 0.25) is 0 Å². The van der Waals surface area contributed by atoms with Gasteiger partial charge in [-0.15, -0.1) is 0 Å². The van der Waals surface area contributed by atoms with Gasteiger partial charge in [0.1, 0.15) is 0 Å². The van der Waals surface area contributed by atoms with Crippen LogP contribution in [0.1, 0.15) is 22.3 Å². The molecule has 15 aromatic carbocycles. The highest BCUT2D eigenvalue weighted by atomic mass is 14.5. The van der Waals surface area contributed by atoms with E-state index in [0.717, 1.165) is 0 Å². The lowest BCUT2D eigenvalue weighted by Crippen LogP contribution is -2.28. The van der Waals surface area contributed by atoms with Crippen LogP contribution >= 0.6 is 0 Å². The molecular weight excluding hydrogens is 949 g/mol. The van der Waals surface area contributed by atoms with Crippen LogP contribution in [0.4, 0.5) is 0 Å². The highest BCUT2D eigenvalue weighted by Gasteiger charge is 2.46. The molecule has 366 valence electrons. The Morgan fingerprint density at radius 2 is 0.494 bits per heavy atom. The maximum atomic E-state index is 2.54. The summed E-state index contributed by atoms with van der Waals surface area (Å²) in [5.41, 5.74) is 19.2. The predicted molar refractivity (Wildman–Crippen MR) is 336 cm³/mol. The molecule has 0 saturated carbocycles. The van der Waals surface area contributed by atoms with Crippen molar-refractivity contribution in [2.24, 2.45) is 0 Å². The molecule has 0 aliphatic heterocycles. The van der Waals surface area contributed by atoms with E-state index in [-0.39, 0.29) is 0 Å². The third-order valence-corrected chi connectivity index (χ3v) is 17.3. The van der Waals surface area contributed by atoms with Gasteiger partial charge in [-0.3, -0.25) is 0 Å². The molecule has 0 bridgehead atoms. The van der Waals surface area contributed by atoms with E-state index in [1.165, 1.54) is 154 Å². The van der Waals surface area contributed by atoms with Gasteiger partial charge in [0.15, 0.2) is 0 Å². The summed E-state index contributed by atoms with van der Waals surface area (Å²) < 4.78 is 0. The van der Waals surface area contributed by atoms with Crippen LogP contribution in [0.3, 0.4) is 0 Å². The minimum atomic E-state index is -0.638. The molecule has 16 rings (SSSR count). The first kappa shape index (κ1) is 45.1. The second-order valence-corrected chi connectivity index (χ2v) is 21.4. The van der Waals surface area contributed by atoms with Gasteiger partial charge >= 0.3 is 0 Å². The summed E-state index contributed by atoms with van der Waals surface area (Å²) in [5, 5.41) is 14.9. The average molecular weight is 999 g/mol. The highest BCUT2D eigenvalue weighted by Crippen LogP contribution is 2.58. The van der Waals surface area contributed by atoms with Crippen LogP contribution in [0.25, 0.3) is 131 Å². The van der Waals surface area contributed by atoms with E-state index in [9.17, 15) is 0 Å². The lowest BCUT2D eigenvalue weighted by Gasteiger charge is -2.34. The van der Waals surface area contributed by atoms with Crippen LogP contribution in [-0.4, -0.2) is 0 Å². The van der Waals surface area contributed by atoms with Gasteiger partial charge in [-0.25, -0.2) is 0 Å². The van der Waals surface area contributed by atoms with Gasteiger partial charge in [0, 0.05) is 0 Å². The predicted octanol–water partition coefficient (Wildman–Crippen LogP) is 21.3. The molecule has 79 heavy (non-hydrogen) atoms. The molecule has 0 heterocycles. The number of fused-ring (bicyclic) bond motifs is 9. The summed E-state index contributed by atoms with van der Waals surface area (Å²) >= 11 is 0. The maximum absolute atomic E-state index is 2.54. The van der Waals surface area contributed by atoms with Crippen LogP contribution in [0, 0.1) is 0 Å².